The summed E-state index contributed by atoms with van der Waals surface area (Å²) in [4.78, 5) is 59.1. The molecule has 0 N–H and O–H groups in total. The number of carbonyl (C=O) groups excluding carboxylic acids is 4. The van der Waals surface area contributed by atoms with Crippen molar-refractivity contribution < 1.29 is 19.2 Å². The number of anilines is 2. The van der Waals surface area contributed by atoms with Gasteiger partial charge in [-0.15, -0.1) is 0 Å². The van der Waals surface area contributed by atoms with Crippen LogP contribution in [0, 0.1) is 47.3 Å². The average molecular weight is 401 g/mol. The van der Waals surface area contributed by atoms with Gasteiger partial charge in [-0.25, -0.2) is 14.8 Å². The van der Waals surface area contributed by atoms with E-state index in [1.54, 1.807) is 18.2 Å². The van der Waals surface area contributed by atoms with Crippen molar-refractivity contribution in [3.05, 3.63) is 42.5 Å². The maximum absolute atomic E-state index is 13.1. The Morgan fingerprint density at radius 2 is 0.933 bits per heavy atom. The van der Waals surface area contributed by atoms with Crippen molar-refractivity contribution >= 4 is 35.3 Å². The molecule has 0 radical (unpaired) electrons. The van der Waals surface area contributed by atoms with Crippen LogP contribution in [0.5, 0.6) is 0 Å². The molecule has 1 aromatic rings. The number of allylic oxidation sites excluding steroid dienone is 4. The summed E-state index contributed by atoms with van der Waals surface area (Å²) in [5.74, 6) is -1.23. The molecule has 7 rings (SSSR count). The number of carbonyl (C=O) groups is 4. The van der Waals surface area contributed by atoms with E-state index in [9.17, 15) is 19.2 Å². The fourth-order valence-corrected chi connectivity index (χ4v) is 6.92. The third-order valence-corrected chi connectivity index (χ3v) is 8.12. The molecule has 150 valence electrons. The van der Waals surface area contributed by atoms with Gasteiger partial charge >= 0.3 is 0 Å². The van der Waals surface area contributed by atoms with Gasteiger partial charge in [0.15, 0.2) is 0 Å². The standard InChI is InChI=1S/C23H19N3O4/c27-20-16-10-4-5-11(8-10)17(16)21(28)25(20)14-2-1-3-15(24-14)26-22(29)18-12-6-7-13(9-12)19(18)23(26)30/h1-7,10-13,16-19H,8-9H2/t10-,11-,12-,13+,16-,17+,18-,19-/m0/s1. The van der Waals surface area contributed by atoms with Crippen LogP contribution >= 0.6 is 0 Å². The van der Waals surface area contributed by atoms with E-state index in [4.69, 9.17) is 0 Å². The van der Waals surface area contributed by atoms with Crippen LogP contribution in [-0.2, 0) is 19.2 Å². The molecule has 0 unspecified atom stereocenters. The molecular weight excluding hydrogens is 382 g/mol. The molecular formula is C23H19N3O4. The molecule has 0 aromatic carbocycles. The smallest absolute Gasteiger partial charge is 0.239 e. The lowest BCUT2D eigenvalue weighted by atomic mass is 9.85. The van der Waals surface area contributed by atoms with Gasteiger partial charge in [-0.2, -0.15) is 0 Å². The summed E-state index contributed by atoms with van der Waals surface area (Å²) >= 11 is 0. The van der Waals surface area contributed by atoms with Crippen molar-refractivity contribution in [3.8, 4) is 0 Å². The van der Waals surface area contributed by atoms with E-state index >= 15 is 0 Å². The minimum atomic E-state index is -0.311. The molecule has 30 heavy (non-hydrogen) atoms. The van der Waals surface area contributed by atoms with Crippen LogP contribution in [0.4, 0.5) is 11.6 Å². The first-order chi connectivity index (χ1) is 14.5. The molecule has 4 bridgehead atoms. The molecule has 4 amide bonds. The van der Waals surface area contributed by atoms with E-state index in [-0.39, 0.29) is 82.6 Å². The summed E-state index contributed by atoms with van der Waals surface area (Å²) in [5.41, 5.74) is 0. The molecule has 1 aromatic heterocycles. The van der Waals surface area contributed by atoms with E-state index in [2.05, 4.69) is 4.98 Å². The predicted molar refractivity (Wildman–Crippen MR) is 105 cm³/mol. The van der Waals surface area contributed by atoms with Gasteiger partial charge in [-0.05, 0) is 48.6 Å². The summed E-state index contributed by atoms with van der Waals surface area (Å²) in [6, 6.07) is 4.86. The van der Waals surface area contributed by atoms with Gasteiger partial charge in [0.05, 0.1) is 23.7 Å². The highest BCUT2D eigenvalue weighted by Crippen LogP contribution is 2.54. The molecule has 4 aliphatic carbocycles. The lowest BCUT2D eigenvalue weighted by Gasteiger charge is -2.20. The number of amides is 4. The molecule has 2 saturated heterocycles. The number of hydrogen-bond donors (Lipinski definition) is 0. The first-order valence-corrected chi connectivity index (χ1v) is 10.6. The molecule has 0 spiro atoms. The Labute approximate surface area is 172 Å². The maximum atomic E-state index is 13.1. The van der Waals surface area contributed by atoms with Gasteiger partial charge < -0.3 is 0 Å². The summed E-state index contributed by atoms with van der Waals surface area (Å²) in [6.45, 7) is 0. The fraction of sp³-hybridized carbons (Fsp3) is 0.435. The zero-order chi connectivity index (χ0) is 20.3. The van der Waals surface area contributed by atoms with Gasteiger partial charge in [0.1, 0.15) is 11.6 Å². The third kappa shape index (κ3) is 1.80. The van der Waals surface area contributed by atoms with Crippen molar-refractivity contribution in [1.82, 2.24) is 4.98 Å². The monoisotopic (exact) mass is 401 g/mol. The van der Waals surface area contributed by atoms with Gasteiger partial charge in [0, 0.05) is 0 Å². The van der Waals surface area contributed by atoms with E-state index in [1.165, 1.54) is 9.80 Å². The zero-order valence-corrected chi connectivity index (χ0v) is 16.0. The number of hydrogen-bond acceptors (Lipinski definition) is 5. The molecule has 3 heterocycles. The molecule has 8 atom stereocenters. The summed E-state index contributed by atoms with van der Waals surface area (Å²) in [5, 5.41) is 0. The van der Waals surface area contributed by atoms with Crippen LogP contribution in [0.3, 0.4) is 0 Å². The lowest BCUT2D eigenvalue weighted by molar-refractivity contribution is -0.124. The van der Waals surface area contributed by atoms with Crippen molar-refractivity contribution in [2.24, 2.45) is 47.3 Å². The second kappa shape index (κ2) is 5.33. The Morgan fingerprint density at radius 3 is 1.27 bits per heavy atom. The van der Waals surface area contributed by atoms with Crippen LogP contribution in [0.2, 0.25) is 0 Å². The number of imide groups is 2. The van der Waals surface area contributed by atoms with Crippen LogP contribution in [0.25, 0.3) is 0 Å². The lowest BCUT2D eigenvalue weighted by Crippen LogP contribution is -2.36. The van der Waals surface area contributed by atoms with Crippen LogP contribution in [0.1, 0.15) is 12.8 Å². The Morgan fingerprint density at radius 1 is 0.600 bits per heavy atom. The Balaban J connectivity index is 1.24. The highest BCUT2D eigenvalue weighted by molar-refractivity contribution is 6.24. The second-order valence-electron chi connectivity index (χ2n) is 9.38. The van der Waals surface area contributed by atoms with Gasteiger partial charge in [-0.1, -0.05) is 30.4 Å². The van der Waals surface area contributed by atoms with Crippen LogP contribution < -0.4 is 9.80 Å². The fourth-order valence-electron chi connectivity index (χ4n) is 6.92. The van der Waals surface area contributed by atoms with Gasteiger partial charge in [0.25, 0.3) is 0 Å². The summed E-state index contributed by atoms with van der Waals surface area (Å²) in [6.07, 6.45) is 9.92. The molecule has 6 aliphatic rings. The Kier molecular flexibility index (Phi) is 2.96. The first kappa shape index (κ1) is 16.7. The summed E-state index contributed by atoms with van der Waals surface area (Å²) < 4.78 is 0. The largest absolute Gasteiger partial charge is 0.274 e. The number of fused-ring (bicyclic) bond motifs is 10. The zero-order valence-electron chi connectivity index (χ0n) is 16.0. The highest BCUT2D eigenvalue weighted by Gasteiger charge is 2.61. The van der Waals surface area contributed by atoms with Gasteiger partial charge in [0.2, 0.25) is 23.6 Å². The Hall–Kier alpha value is -3.09. The number of nitrogens with zero attached hydrogens (tertiary/aromatic N) is 3. The van der Waals surface area contributed by atoms with Crippen LogP contribution in [0.15, 0.2) is 42.5 Å². The molecule has 4 fully saturated rings. The van der Waals surface area contributed by atoms with Crippen molar-refractivity contribution in [2.75, 3.05) is 9.80 Å². The van der Waals surface area contributed by atoms with E-state index in [0.717, 1.165) is 12.8 Å². The van der Waals surface area contributed by atoms with E-state index in [0.29, 0.717) is 0 Å². The first-order valence-electron chi connectivity index (χ1n) is 10.6. The SMILES string of the molecule is O=C1[C@@H]2[C@@H](C(=O)N1c1cccc(N3C(=O)[C@@H]4[C@H](C3=O)[C@H]3C=C[C@H]4C3)n1)[C@H]1C=C[C@@H]2C1. The third-order valence-electron chi connectivity index (χ3n) is 8.12. The van der Waals surface area contributed by atoms with Crippen molar-refractivity contribution in [1.29, 1.82) is 0 Å². The maximum Gasteiger partial charge on any atom is 0.239 e. The number of aromatic nitrogens is 1. The van der Waals surface area contributed by atoms with E-state index < -0.39 is 0 Å². The average Bonchev–Trinajstić information content (AvgIpc) is 3.55. The molecule has 7 heteroatoms. The van der Waals surface area contributed by atoms with Gasteiger partial charge in [-0.3, -0.25) is 19.2 Å². The van der Waals surface area contributed by atoms with Crippen LogP contribution in [-0.4, -0.2) is 28.6 Å². The number of rotatable bonds is 2. The minimum absolute atomic E-state index is 0.119. The Bertz CT molecular complexity index is 980. The quantitative estimate of drug-likeness (QED) is 0.556. The molecule has 2 saturated carbocycles. The minimum Gasteiger partial charge on any atom is -0.274 e. The normalized spacial score (nSPS) is 42.3. The second-order valence-corrected chi connectivity index (χ2v) is 9.38. The summed E-state index contributed by atoms with van der Waals surface area (Å²) in [7, 11) is 0. The van der Waals surface area contributed by atoms with E-state index in [1.807, 2.05) is 24.3 Å². The highest BCUT2D eigenvalue weighted by atomic mass is 16.2. The molecule has 2 aliphatic heterocycles. The molecule has 7 nitrogen and oxygen atoms in total. The van der Waals surface area contributed by atoms with Crippen molar-refractivity contribution in [3.63, 3.8) is 0 Å². The predicted octanol–water partition coefficient (Wildman–Crippen LogP) is 1.70. The number of pyridine rings is 1. The topological polar surface area (TPSA) is 87.7 Å². The van der Waals surface area contributed by atoms with Crippen molar-refractivity contribution in [2.45, 2.75) is 12.8 Å².